The van der Waals surface area contributed by atoms with Gasteiger partial charge in [-0.05, 0) is 36.5 Å². The zero-order valence-corrected chi connectivity index (χ0v) is 8.85. The van der Waals surface area contributed by atoms with Crippen LogP contribution >= 0.6 is 24.8 Å². The zero-order chi connectivity index (χ0) is 7.68. The average molecular weight is 221 g/mol. The van der Waals surface area contributed by atoms with Crippen LogP contribution in [0.25, 0.3) is 0 Å². The summed E-state index contributed by atoms with van der Waals surface area (Å²) in [6.45, 7) is 0. The molecule has 1 aromatic heterocycles. The minimum absolute atomic E-state index is 0. The van der Waals surface area contributed by atoms with Crippen LogP contribution in [0.2, 0.25) is 0 Å². The molecule has 1 aromatic rings. The van der Waals surface area contributed by atoms with E-state index in [0.717, 1.165) is 5.92 Å². The number of aromatic nitrogens is 1. The van der Waals surface area contributed by atoms with Crippen LogP contribution in [0.5, 0.6) is 0 Å². The first kappa shape index (κ1) is 12.7. The van der Waals surface area contributed by atoms with Gasteiger partial charge in [-0.15, -0.1) is 24.8 Å². The van der Waals surface area contributed by atoms with Gasteiger partial charge >= 0.3 is 0 Å². The van der Waals surface area contributed by atoms with Crippen LogP contribution in [-0.4, -0.2) is 4.98 Å². The fraction of sp³-hybridized carbons (Fsp3) is 0.444. The third-order valence-corrected chi connectivity index (χ3v) is 2.22. The largest absolute Gasteiger partial charge is 0.324 e. The van der Waals surface area contributed by atoms with E-state index in [0.29, 0.717) is 0 Å². The Morgan fingerprint density at radius 1 is 1.23 bits per heavy atom. The maximum absolute atomic E-state index is 5.97. The van der Waals surface area contributed by atoms with Gasteiger partial charge in [0.15, 0.2) is 0 Å². The van der Waals surface area contributed by atoms with Gasteiger partial charge in [0.05, 0.1) is 0 Å². The fourth-order valence-corrected chi connectivity index (χ4v) is 1.31. The molecule has 1 saturated carbocycles. The summed E-state index contributed by atoms with van der Waals surface area (Å²) in [5.74, 6) is 0.734. The molecule has 1 aliphatic carbocycles. The predicted octanol–water partition coefficient (Wildman–Crippen LogP) is 2.33. The summed E-state index contributed by atoms with van der Waals surface area (Å²) < 4.78 is 0. The standard InChI is InChI=1S/C9H12N2.2ClH/c10-9(7-1-2-7)8-3-5-11-6-4-8;;/h3-7,9H,1-2,10H2;2*1H. The summed E-state index contributed by atoms with van der Waals surface area (Å²) in [5, 5.41) is 0. The van der Waals surface area contributed by atoms with Crippen LogP contribution in [0.1, 0.15) is 24.4 Å². The molecule has 1 fully saturated rings. The first-order valence-corrected chi connectivity index (χ1v) is 4.03. The van der Waals surface area contributed by atoms with Gasteiger partial charge in [-0.1, -0.05) is 0 Å². The summed E-state index contributed by atoms with van der Waals surface area (Å²) in [6.07, 6.45) is 6.20. The van der Waals surface area contributed by atoms with Gasteiger partial charge < -0.3 is 5.73 Å². The topological polar surface area (TPSA) is 38.9 Å². The second-order valence-electron chi connectivity index (χ2n) is 3.14. The number of rotatable bonds is 2. The number of hydrogen-bond acceptors (Lipinski definition) is 2. The Morgan fingerprint density at radius 3 is 2.23 bits per heavy atom. The van der Waals surface area contributed by atoms with Crippen molar-refractivity contribution in [3.8, 4) is 0 Å². The maximum Gasteiger partial charge on any atom is 0.0324 e. The summed E-state index contributed by atoms with van der Waals surface area (Å²) >= 11 is 0. The van der Waals surface area contributed by atoms with E-state index in [9.17, 15) is 0 Å². The molecule has 0 spiro atoms. The first-order chi connectivity index (χ1) is 5.38. The molecule has 1 unspecified atom stereocenters. The summed E-state index contributed by atoms with van der Waals surface area (Å²) in [6, 6.07) is 4.25. The molecular formula is C9H14Cl2N2. The molecule has 1 heterocycles. The van der Waals surface area contributed by atoms with Crippen LogP contribution in [0, 0.1) is 5.92 Å². The van der Waals surface area contributed by atoms with E-state index in [1.807, 2.05) is 12.1 Å². The highest BCUT2D eigenvalue weighted by Crippen LogP contribution is 2.38. The summed E-state index contributed by atoms with van der Waals surface area (Å²) in [4.78, 5) is 3.95. The minimum atomic E-state index is 0. The van der Waals surface area contributed by atoms with Crippen molar-refractivity contribution in [2.45, 2.75) is 18.9 Å². The molecule has 0 bridgehead atoms. The Bertz CT molecular complexity index is 237. The molecular weight excluding hydrogens is 207 g/mol. The molecule has 0 amide bonds. The second kappa shape index (κ2) is 5.43. The van der Waals surface area contributed by atoms with Crippen molar-refractivity contribution < 1.29 is 0 Å². The van der Waals surface area contributed by atoms with E-state index in [4.69, 9.17) is 5.73 Å². The fourth-order valence-electron chi connectivity index (χ4n) is 1.31. The summed E-state index contributed by atoms with van der Waals surface area (Å²) in [7, 11) is 0. The number of nitrogens with two attached hydrogens (primary N) is 1. The second-order valence-corrected chi connectivity index (χ2v) is 3.14. The van der Waals surface area contributed by atoms with Crippen LogP contribution in [0.4, 0.5) is 0 Å². The van der Waals surface area contributed by atoms with E-state index in [-0.39, 0.29) is 30.9 Å². The molecule has 13 heavy (non-hydrogen) atoms. The molecule has 2 N–H and O–H groups in total. The van der Waals surface area contributed by atoms with Crippen molar-refractivity contribution in [3.05, 3.63) is 30.1 Å². The molecule has 0 radical (unpaired) electrons. The molecule has 1 atom stereocenters. The molecule has 2 rings (SSSR count). The van der Waals surface area contributed by atoms with Gasteiger partial charge in [0, 0.05) is 18.4 Å². The summed E-state index contributed by atoms with van der Waals surface area (Å²) in [5.41, 5.74) is 7.20. The lowest BCUT2D eigenvalue weighted by molar-refractivity contribution is 0.632. The van der Waals surface area contributed by atoms with E-state index in [1.165, 1.54) is 18.4 Å². The molecule has 2 nitrogen and oxygen atoms in total. The van der Waals surface area contributed by atoms with E-state index in [2.05, 4.69) is 4.98 Å². The minimum Gasteiger partial charge on any atom is -0.324 e. The predicted molar refractivity (Wildman–Crippen MR) is 58.4 cm³/mol. The highest BCUT2D eigenvalue weighted by atomic mass is 35.5. The Morgan fingerprint density at radius 2 is 1.77 bits per heavy atom. The normalized spacial score (nSPS) is 16.7. The van der Waals surface area contributed by atoms with Crippen molar-refractivity contribution in [1.82, 2.24) is 4.98 Å². The molecule has 1 aliphatic rings. The highest BCUT2D eigenvalue weighted by Gasteiger charge is 2.29. The van der Waals surface area contributed by atoms with Gasteiger partial charge in [0.2, 0.25) is 0 Å². The lowest BCUT2D eigenvalue weighted by Gasteiger charge is -2.08. The number of pyridine rings is 1. The van der Waals surface area contributed by atoms with Crippen molar-refractivity contribution in [2.75, 3.05) is 0 Å². The smallest absolute Gasteiger partial charge is 0.0324 e. The van der Waals surface area contributed by atoms with Gasteiger partial charge in [-0.25, -0.2) is 0 Å². The van der Waals surface area contributed by atoms with Crippen molar-refractivity contribution in [1.29, 1.82) is 0 Å². The van der Waals surface area contributed by atoms with Crippen LogP contribution in [-0.2, 0) is 0 Å². The lowest BCUT2D eigenvalue weighted by atomic mass is 10.1. The van der Waals surface area contributed by atoms with E-state index >= 15 is 0 Å². The van der Waals surface area contributed by atoms with Gasteiger partial charge in [0.25, 0.3) is 0 Å². The van der Waals surface area contributed by atoms with Crippen LogP contribution in [0.15, 0.2) is 24.5 Å². The van der Waals surface area contributed by atoms with Gasteiger partial charge in [-0.2, -0.15) is 0 Å². The Balaban J connectivity index is 0.000000720. The molecule has 4 heteroatoms. The monoisotopic (exact) mass is 220 g/mol. The van der Waals surface area contributed by atoms with Crippen molar-refractivity contribution >= 4 is 24.8 Å². The molecule has 0 saturated heterocycles. The SMILES string of the molecule is Cl.Cl.NC(c1ccncc1)C1CC1. The third-order valence-electron chi connectivity index (χ3n) is 2.22. The Labute approximate surface area is 90.8 Å². The van der Waals surface area contributed by atoms with Crippen molar-refractivity contribution in [2.24, 2.45) is 11.7 Å². The third kappa shape index (κ3) is 3.14. The highest BCUT2D eigenvalue weighted by molar-refractivity contribution is 5.85. The zero-order valence-electron chi connectivity index (χ0n) is 7.22. The van der Waals surface area contributed by atoms with Gasteiger partial charge in [0.1, 0.15) is 0 Å². The Kier molecular flexibility index (Phi) is 5.30. The number of nitrogens with zero attached hydrogens (tertiary/aromatic N) is 1. The number of hydrogen-bond donors (Lipinski definition) is 1. The molecule has 0 aromatic carbocycles. The lowest BCUT2D eigenvalue weighted by Crippen LogP contribution is -2.11. The van der Waals surface area contributed by atoms with Crippen molar-refractivity contribution in [3.63, 3.8) is 0 Å². The van der Waals surface area contributed by atoms with Gasteiger partial charge in [-0.3, -0.25) is 4.98 Å². The number of halogens is 2. The van der Waals surface area contributed by atoms with Crippen LogP contribution in [0.3, 0.4) is 0 Å². The van der Waals surface area contributed by atoms with E-state index < -0.39 is 0 Å². The Hall–Kier alpha value is -0.310. The molecule has 0 aliphatic heterocycles. The molecule has 74 valence electrons. The maximum atomic E-state index is 5.97. The average Bonchev–Trinajstić information content (AvgIpc) is 2.87. The first-order valence-electron chi connectivity index (χ1n) is 4.03. The van der Waals surface area contributed by atoms with E-state index in [1.54, 1.807) is 12.4 Å². The quantitative estimate of drug-likeness (QED) is 0.832. The van der Waals surface area contributed by atoms with Crippen LogP contribution < -0.4 is 5.73 Å².